The van der Waals surface area contributed by atoms with Crippen molar-refractivity contribution in [2.45, 2.75) is 54.4 Å². The van der Waals surface area contributed by atoms with Gasteiger partial charge in [0.25, 0.3) is 0 Å². The molecule has 2 aliphatic rings. The minimum absolute atomic E-state index is 0.384. The van der Waals surface area contributed by atoms with E-state index < -0.39 is 0 Å². The third kappa shape index (κ3) is 1.42. The van der Waals surface area contributed by atoms with Crippen molar-refractivity contribution in [1.29, 1.82) is 0 Å². The standard InChI is InChI=1S/C16H26/c1-11-12(2)16(5,6)14-10-8-7-9-13(14)15(11,3)4/h7-8,11-12H,9-10H2,1-6H3/t11-,12-/m1/s1. The number of allylic oxidation sites excluding steroid dienone is 4. The van der Waals surface area contributed by atoms with Gasteiger partial charge in [-0.3, -0.25) is 0 Å². The summed E-state index contributed by atoms with van der Waals surface area (Å²) in [5.74, 6) is 1.54. The maximum atomic E-state index is 2.44. The lowest BCUT2D eigenvalue weighted by molar-refractivity contribution is 0.0874. The molecule has 0 saturated carbocycles. The van der Waals surface area contributed by atoms with Gasteiger partial charge in [-0.1, -0.05) is 64.8 Å². The average molecular weight is 218 g/mol. The Morgan fingerprint density at radius 2 is 1.12 bits per heavy atom. The Morgan fingerprint density at radius 3 is 1.44 bits per heavy atom. The van der Waals surface area contributed by atoms with Crippen LogP contribution in [0.5, 0.6) is 0 Å². The zero-order chi connectivity index (χ0) is 12.1. The highest BCUT2D eigenvalue weighted by Gasteiger charge is 2.47. The van der Waals surface area contributed by atoms with Gasteiger partial charge < -0.3 is 0 Å². The highest BCUT2D eigenvalue weighted by Crippen LogP contribution is 2.57. The molecule has 0 N–H and O–H groups in total. The van der Waals surface area contributed by atoms with Gasteiger partial charge >= 0.3 is 0 Å². The molecule has 0 aromatic carbocycles. The molecule has 0 unspecified atom stereocenters. The van der Waals surface area contributed by atoms with Crippen LogP contribution >= 0.6 is 0 Å². The molecule has 0 fully saturated rings. The van der Waals surface area contributed by atoms with Crippen molar-refractivity contribution in [3.05, 3.63) is 23.3 Å². The predicted octanol–water partition coefficient (Wildman–Crippen LogP) is 4.97. The largest absolute Gasteiger partial charge is 0.0841 e. The van der Waals surface area contributed by atoms with E-state index in [1.54, 1.807) is 11.1 Å². The second-order valence-electron chi connectivity index (χ2n) is 6.86. The summed E-state index contributed by atoms with van der Waals surface area (Å²) in [4.78, 5) is 0. The smallest absolute Gasteiger partial charge is 0.0110 e. The Bertz CT molecular complexity index is 318. The van der Waals surface area contributed by atoms with E-state index in [1.807, 2.05) is 0 Å². The van der Waals surface area contributed by atoms with Crippen LogP contribution in [0.25, 0.3) is 0 Å². The average Bonchev–Trinajstić information content (AvgIpc) is 2.25. The third-order valence-corrected chi connectivity index (χ3v) is 5.76. The summed E-state index contributed by atoms with van der Waals surface area (Å²) in [6, 6.07) is 0. The molecule has 0 radical (unpaired) electrons. The highest BCUT2D eigenvalue weighted by atomic mass is 14.5. The molecule has 0 bridgehead atoms. The first-order valence-electron chi connectivity index (χ1n) is 6.67. The Morgan fingerprint density at radius 1 is 0.812 bits per heavy atom. The lowest BCUT2D eigenvalue weighted by Gasteiger charge is -2.53. The van der Waals surface area contributed by atoms with Crippen LogP contribution in [0.15, 0.2) is 23.3 Å². The summed E-state index contributed by atoms with van der Waals surface area (Å²) in [6.45, 7) is 14.6. The van der Waals surface area contributed by atoms with Crippen molar-refractivity contribution in [2.75, 3.05) is 0 Å². The van der Waals surface area contributed by atoms with Crippen molar-refractivity contribution < 1.29 is 0 Å². The molecule has 0 saturated heterocycles. The molecule has 16 heavy (non-hydrogen) atoms. The van der Waals surface area contributed by atoms with Gasteiger partial charge in [-0.25, -0.2) is 0 Å². The van der Waals surface area contributed by atoms with Crippen LogP contribution in [-0.4, -0.2) is 0 Å². The Hall–Kier alpha value is -0.520. The quantitative estimate of drug-likeness (QED) is 0.503. The van der Waals surface area contributed by atoms with Crippen molar-refractivity contribution in [3.8, 4) is 0 Å². The first-order chi connectivity index (χ1) is 7.29. The number of hydrogen-bond acceptors (Lipinski definition) is 0. The van der Waals surface area contributed by atoms with Gasteiger partial charge in [-0.05, 0) is 35.5 Å². The van der Waals surface area contributed by atoms with E-state index in [2.05, 4.69) is 53.7 Å². The minimum Gasteiger partial charge on any atom is -0.0841 e. The van der Waals surface area contributed by atoms with Gasteiger partial charge in [-0.15, -0.1) is 0 Å². The first-order valence-corrected chi connectivity index (χ1v) is 6.67. The monoisotopic (exact) mass is 218 g/mol. The zero-order valence-electron chi connectivity index (χ0n) is 11.7. The van der Waals surface area contributed by atoms with Crippen molar-refractivity contribution in [1.82, 2.24) is 0 Å². The van der Waals surface area contributed by atoms with E-state index in [4.69, 9.17) is 0 Å². The predicted molar refractivity (Wildman–Crippen MR) is 71.3 cm³/mol. The second-order valence-corrected chi connectivity index (χ2v) is 6.86. The summed E-state index contributed by atoms with van der Waals surface area (Å²) < 4.78 is 0. The van der Waals surface area contributed by atoms with Gasteiger partial charge in [0.2, 0.25) is 0 Å². The van der Waals surface area contributed by atoms with Crippen molar-refractivity contribution in [2.24, 2.45) is 22.7 Å². The molecule has 0 spiro atoms. The van der Waals surface area contributed by atoms with Crippen LogP contribution in [0.2, 0.25) is 0 Å². The zero-order valence-corrected chi connectivity index (χ0v) is 11.7. The van der Waals surface area contributed by atoms with E-state index >= 15 is 0 Å². The van der Waals surface area contributed by atoms with Crippen LogP contribution in [0.1, 0.15) is 54.4 Å². The summed E-state index contributed by atoms with van der Waals surface area (Å²) in [5, 5.41) is 0. The van der Waals surface area contributed by atoms with Crippen LogP contribution < -0.4 is 0 Å². The van der Waals surface area contributed by atoms with Gasteiger partial charge in [-0.2, -0.15) is 0 Å². The van der Waals surface area contributed by atoms with E-state index in [9.17, 15) is 0 Å². The molecule has 2 atom stereocenters. The van der Waals surface area contributed by atoms with Crippen LogP contribution in [0, 0.1) is 22.7 Å². The molecule has 0 aromatic rings. The summed E-state index contributed by atoms with van der Waals surface area (Å²) in [6.07, 6.45) is 7.09. The number of rotatable bonds is 0. The molecule has 0 aromatic heterocycles. The lowest BCUT2D eigenvalue weighted by atomic mass is 9.52. The molecule has 0 aliphatic heterocycles. The number of hydrogen-bond donors (Lipinski definition) is 0. The highest BCUT2D eigenvalue weighted by molar-refractivity contribution is 5.37. The maximum Gasteiger partial charge on any atom is -0.0110 e. The SMILES string of the molecule is C[C@@H]1[C@@H](C)C(C)(C)C2=C(CC=CC2)C1(C)C. The van der Waals surface area contributed by atoms with Gasteiger partial charge in [0.15, 0.2) is 0 Å². The summed E-state index contributed by atoms with van der Waals surface area (Å²) in [7, 11) is 0. The van der Waals surface area contributed by atoms with Crippen LogP contribution in [0.4, 0.5) is 0 Å². The second kappa shape index (κ2) is 3.48. The van der Waals surface area contributed by atoms with Crippen LogP contribution in [-0.2, 0) is 0 Å². The fraction of sp³-hybridized carbons (Fsp3) is 0.750. The lowest BCUT2D eigenvalue weighted by Crippen LogP contribution is -2.44. The molecular formula is C16H26. The van der Waals surface area contributed by atoms with E-state index in [-0.39, 0.29) is 0 Å². The molecule has 0 nitrogen and oxygen atoms in total. The molecule has 0 heterocycles. The molecule has 90 valence electrons. The minimum atomic E-state index is 0.384. The molecule has 2 aliphatic carbocycles. The normalized spacial score (nSPS) is 36.1. The van der Waals surface area contributed by atoms with Gasteiger partial charge in [0.05, 0.1) is 0 Å². The van der Waals surface area contributed by atoms with E-state index in [0.29, 0.717) is 10.8 Å². The first kappa shape index (κ1) is 12.0. The van der Waals surface area contributed by atoms with E-state index in [1.165, 1.54) is 12.8 Å². The Kier molecular flexibility index (Phi) is 2.60. The van der Waals surface area contributed by atoms with Crippen LogP contribution in [0.3, 0.4) is 0 Å². The molecular weight excluding hydrogens is 192 g/mol. The fourth-order valence-electron chi connectivity index (χ4n) is 3.75. The summed E-state index contributed by atoms with van der Waals surface area (Å²) in [5.41, 5.74) is 4.22. The summed E-state index contributed by atoms with van der Waals surface area (Å²) >= 11 is 0. The molecule has 0 amide bonds. The third-order valence-electron chi connectivity index (χ3n) is 5.76. The van der Waals surface area contributed by atoms with Gasteiger partial charge in [0, 0.05) is 0 Å². The van der Waals surface area contributed by atoms with E-state index in [0.717, 1.165) is 11.8 Å². The van der Waals surface area contributed by atoms with Crippen molar-refractivity contribution in [3.63, 3.8) is 0 Å². The van der Waals surface area contributed by atoms with Crippen molar-refractivity contribution >= 4 is 0 Å². The fourth-order valence-corrected chi connectivity index (χ4v) is 3.75. The maximum absolute atomic E-state index is 2.44. The molecule has 2 rings (SSSR count). The Labute approximate surface area is 101 Å². The molecule has 0 heteroatoms. The topological polar surface area (TPSA) is 0 Å². The van der Waals surface area contributed by atoms with Gasteiger partial charge in [0.1, 0.15) is 0 Å². The Balaban J connectivity index is 2.56.